The van der Waals surface area contributed by atoms with E-state index in [1.807, 2.05) is 0 Å². The number of carbonyl (C=O) groups excluding carboxylic acids is 1. The van der Waals surface area contributed by atoms with Crippen LogP contribution in [0.25, 0.3) is 0 Å². The molecule has 0 unspecified atom stereocenters. The molecule has 0 radical (unpaired) electrons. The zero-order valence-electron chi connectivity index (χ0n) is 8.38. The third kappa shape index (κ3) is 2.92. The van der Waals surface area contributed by atoms with E-state index in [1.54, 1.807) is 7.05 Å². The first-order valence-electron chi connectivity index (χ1n) is 4.57. The molecule has 0 heterocycles. The molecule has 0 atom stereocenters. The first-order chi connectivity index (χ1) is 7.16. The van der Waals surface area contributed by atoms with Crippen molar-refractivity contribution < 1.29 is 14.3 Å². The molecule has 0 aliphatic rings. The van der Waals surface area contributed by atoms with Gasteiger partial charge in [-0.1, -0.05) is 6.07 Å². The number of halogens is 1. The summed E-state index contributed by atoms with van der Waals surface area (Å²) in [4.78, 5) is 11.4. The molecule has 15 heavy (non-hydrogen) atoms. The Bertz CT molecular complexity index is 335. The summed E-state index contributed by atoms with van der Waals surface area (Å²) >= 11 is 0. The number of phenolic OH excluding ortho intramolecular Hbond substituents is 1. The van der Waals surface area contributed by atoms with E-state index in [9.17, 15) is 14.3 Å². The zero-order chi connectivity index (χ0) is 11.3. The summed E-state index contributed by atoms with van der Waals surface area (Å²) in [6.45, 7) is 0.962. The van der Waals surface area contributed by atoms with E-state index < -0.39 is 11.7 Å². The predicted octanol–water partition coefficient (Wildman–Crippen LogP) is 0.480. The van der Waals surface area contributed by atoms with E-state index >= 15 is 0 Å². The maximum atomic E-state index is 13.2. The fraction of sp³-hybridized carbons (Fsp3) is 0.300. The van der Waals surface area contributed by atoms with Crippen molar-refractivity contribution in [2.75, 3.05) is 20.1 Å². The normalized spacial score (nSPS) is 10.0. The summed E-state index contributed by atoms with van der Waals surface area (Å²) in [7, 11) is 1.74. The van der Waals surface area contributed by atoms with Crippen LogP contribution in [0.1, 0.15) is 10.4 Å². The van der Waals surface area contributed by atoms with Gasteiger partial charge in [0.25, 0.3) is 5.91 Å². The number of likely N-dealkylation sites (N-methyl/N-ethyl adjacent to an activating group) is 1. The quantitative estimate of drug-likeness (QED) is 0.636. The highest BCUT2D eigenvalue weighted by Gasteiger charge is 2.15. The Labute approximate surface area is 87.1 Å². The van der Waals surface area contributed by atoms with Gasteiger partial charge < -0.3 is 15.7 Å². The molecule has 0 aromatic heterocycles. The molecule has 0 saturated carbocycles. The van der Waals surface area contributed by atoms with Gasteiger partial charge in [-0.25, -0.2) is 4.39 Å². The van der Waals surface area contributed by atoms with Crippen LogP contribution in [0, 0.1) is 5.82 Å². The first kappa shape index (κ1) is 11.5. The number of phenols is 1. The van der Waals surface area contributed by atoms with Gasteiger partial charge in [0.1, 0.15) is 17.1 Å². The van der Waals surface area contributed by atoms with Gasteiger partial charge in [-0.15, -0.1) is 0 Å². The lowest BCUT2D eigenvalue weighted by Gasteiger charge is -2.06. The van der Waals surface area contributed by atoms with Gasteiger partial charge in [0.15, 0.2) is 0 Å². The Morgan fingerprint density at radius 2 is 2.20 bits per heavy atom. The van der Waals surface area contributed by atoms with Crippen molar-refractivity contribution in [3.05, 3.63) is 29.6 Å². The Morgan fingerprint density at radius 1 is 1.47 bits per heavy atom. The van der Waals surface area contributed by atoms with Crippen molar-refractivity contribution in [3.8, 4) is 5.75 Å². The fourth-order valence-electron chi connectivity index (χ4n) is 1.13. The topological polar surface area (TPSA) is 61.4 Å². The standard InChI is InChI=1S/C10H13FN2O2/c1-12-5-6-13-10(15)9-7(11)3-2-4-8(9)14/h2-4,12,14H,5-6H2,1H3,(H,13,15). The molecule has 0 fully saturated rings. The minimum Gasteiger partial charge on any atom is -0.507 e. The van der Waals surface area contributed by atoms with E-state index in [4.69, 9.17) is 0 Å². The second kappa shape index (κ2) is 5.31. The molecule has 4 nitrogen and oxygen atoms in total. The molecule has 0 aliphatic carbocycles. The van der Waals surface area contributed by atoms with Crippen molar-refractivity contribution in [2.24, 2.45) is 0 Å². The average Bonchev–Trinajstić information content (AvgIpc) is 2.18. The second-order valence-corrected chi connectivity index (χ2v) is 2.99. The highest BCUT2D eigenvalue weighted by molar-refractivity contribution is 5.97. The van der Waals surface area contributed by atoms with Crippen LogP contribution >= 0.6 is 0 Å². The molecule has 0 bridgehead atoms. The smallest absolute Gasteiger partial charge is 0.258 e. The van der Waals surface area contributed by atoms with Crippen LogP contribution < -0.4 is 10.6 Å². The highest BCUT2D eigenvalue weighted by atomic mass is 19.1. The maximum Gasteiger partial charge on any atom is 0.258 e. The number of rotatable bonds is 4. The largest absolute Gasteiger partial charge is 0.507 e. The molecule has 3 N–H and O–H groups in total. The molecule has 0 aliphatic heterocycles. The summed E-state index contributed by atoms with van der Waals surface area (Å²) in [5.74, 6) is -1.69. The maximum absolute atomic E-state index is 13.2. The van der Waals surface area contributed by atoms with Crippen LogP contribution in [0.3, 0.4) is 0 Å². The van der Waals surface area contributed by atoms with Crippen LogP contribution in [0.2, 0.25) is 0 Å². The summed E-state index contributed by atoms with van der Waals surface area (Å²) in [5, 5.41) is 14.6. The van der Waals surface area contributed by atoms with Crippen LogP contribution in [0.4, 0.5) is 4.39 Å². The number of amides is 1. The fourth-order valence-corrected chi connectivity index (χ4v) is 1.13. The van der Waals surface area contributed by atoms with Crippen LogP contribution in [0.15, 0.2) is 18.2 Å². The molecule has 1 aromatic rings. The summed E-state index contributed by atoms with van der Waals surface area (Å²) < 4.78 is 13.2. The molecule has 1 aromatic carbocycles. The number of nitrogens with one attached hydrogen (secondary N) is 2. The van der Waals surface area contributed by atoms with E-state index in [-0.39, 0.29) is 11.3 Å². The number of carbonyl (C=O) groups is 1. The Hall–Kier alpha value is -1.62. The summed E-state index contributed by atoms with van der Waals surface area (Å²) in [6.07, 6.45) is 0. The molecule has 1 rings (SSSR count). The lowest BCUT2D eigenvalue weighted by molar-refractivity contribution is 0.0947. The Kier molecular flexibility index (Phi) is 4.05. The molecule has 82 valence electrons. The highest BCUT2D eigenvalue weighted by Crippen LogP contribution is 2.19. The molecule has 1 amide bonds. The summed E-state index contributed by atoms with van der Waals surface area (Å²) in [5.41, 5.74) is -0.311. The summed E-state index contributed by atoms with van der Waals surface area (Å²) in [6, 6.07) is 3.75. The van der Waals surface area contributed by atoms with Crippen molar-refractivity contribution in [1.82, 2.24) is 10.6 Å². The molecule has 0 saturated heterocycles. The van der Waals surface area contributed by atoms with Crippen molar-refractivity contribution in [3.63, 3.8) is 0 Å². The SMILES string of the molecule is CNCCNC(=O)c1c(O)cccc1F. The lowest BCUT2D eigenvalue weighted by atomic mass is 10.1. The molecule has 0 spiro atoms. The van der Waals surface area contributed by atoms with Crippen LogP contribution in [0.5, 0.6) is 5.75 Å². The third-order valence-corrected chi connectivity index (χ3v) is 1.88. The lowest BCUT2D eigenvalue weighted by Crippen LogP contribution is -2.31. The second-order valence-electron chi connectivity index (χ2n) is 2.99. The number of aromatic hydroxyl groups is 1. The van der Waals surface area contributed by atoms with E-state index in [0.717, 1.165) is 6.07 Å². The molecular formula is C10H13FN2O2. The van der Waals surface area contributed by atoms with E-state index in [0.29, 0.717) is 13.1 Å². The van der Waals surface area contributed by atoms with E-state index in [2.05, 4.69) is 10.6 Å². The van der Waals surface area contributed by atoms with Gasteiger partial charge >= 0.3 is 0 Å². The van der Waals surface area contributed by atoms with Gasteiger partial charge in [-0.2, -0.15) is 0 Å². The van der Waals surface area contributed by atoms with Crippen LogP contribution in [-0.2, 0) is 0 Å². The van der Waals surface area contributed by atoms with Crippen molar-refractivity contribution >= 4 is 5.91 Å². The molecular weight excluding hydrogens is 199 g/mol. The number of hydrogen-bond donors (Lipinski definition) is 3. The minimum atomic E-state index is -0.725. The predicted molar refractivity (Wildman–Crippen MR) is 54.3 cm³/mol. The Morgan fingerprint density at radius 3 is 2.80 bits per heavy atom. The van der Waals surface area contributed by atoms with E-state index in [1.165, 1.54) is 12.1 Å². The Balaban J connectivity index is 2.73. The average molecular weight is 212 g/mol. The van der Waals surface area contributed by atoms with Gasteiger partial charge in [-0.3, -0.25) is 4.79 Å². The van der Waals surface area contributed by atoms with Gasteiger partial charge in [0, 0.05) is 13.1 Å². The minimum absolute atomic E-state index is 0.311. The van der Waals surface area contributed by atoms with Gasteiger partial charge in [-0.05, 0) is 19.2 Å². The monoisotopic (exact) mass is 212 g/mol. The van der Waals surface area contributed by atoms with Gasteiger partial charge in [0.2, 0.25) is 0 Å². The van der Waals surface area contributed by atoms with Crippen LogP contribution in [-0.4, -0.2) is 31.2 Å². The van der Waals surface area contributed by atoms with Crippen molar-refractivity contribution in [1.29, 1.82) is 0 Å². The molecule has 5 heteroatoms. The zero-order valence-corrected chi connectivity index (χ0v) is 8.38. The number of benzene rings is 1. The first-order valence-corrected chi connectivity index (χ1v) is 4.57. The number of hydrogen-bond acceptors (Lipinski definition) is 3. The van der Waals surface area contributed by atoms with Gasteiger partial charge in [0.05, 0.1) is 0 Å². The third-order valence-electron chi connectivity index (χ3n) is 1.88. The van der Waals surface area contributed by atoms with Crippen molar-refractivity contribution in [2.45, 2.75) is 0 Å².